The summed E-state index contributed by atoms with van der Waals surface area (Å²) in [4.78, 5) is 15.1. The molecule has 3 nitrogen and oxygen atoms in total. The Bertz CT molecular complexity index is 584. The first-order valence-corrected chi connectivity index (χ1v) is 5.74. The zero-order chi connectivity index (χ0) is 13.1. The number of carbonyl (C=O) groups excluding carboxylic acids is 1. The minimum atomic E-state index is -0.768. The number of anilines is 1. The van der Waals surface area contributed by atoms with Crippen LogP contribution in [0.5, 0.6) is 0 Å². The lowest BCUT2D eigenvalue weighted by Gasteiger charge is -2.08. The van der Waals surface area contributed by atoms with Crippen LogP contribution in [0.1, 0.15) is 10.4 Å². The van der Waals surface area contributed by atoms with Gasteiger partial charge in [-0.1, -0.05) is 6.07 Å². The molecule has 1 heterocycles. The van der Waals surface area contributed by atoms with Gasteiger partial charge < -0.3 is 5.32 Å². The van der Waals surface area contributed by atoms with Crippen molar-refractivity contribution < 1.29 is 13.6 Å². The van der Waals surface area contributed by atoms with E-state index in [-0.39, 0.29) is 11.3 Å². The van der Waals surface area contributed by atoms with Crippen molar-refractivity contribution in [3.05, 3.63) is 58.3 Å². The lowest BCUT2D eigenvalue weighted by Crippen LogP contribution is -2.13. The van der Waals surface area contributed by atoms with E-state index in [0.29, 0.717) is 4.47 Å². The van der Waals surface area contributed by atoms with Crippen LogP contribution in [0.4, 0.5) is 14.5 Å². The van der Waals surface area contributed by atoms with Crippen molar-refractivity contribution >= 4 is 27.5 Å². The van der Waals surface area contributed by atoms with Crippen LogP contribution in [-0.4, -0.2) is 10.9 Å². The quantitative estimate of drug-likeness (QED) is 0.864. The van der Waals surface area contributed by atoms with Crippen LogP contribution in [0, 0.1) is 11.8 Å². The Kier molecular flexibility index (Phi) is 3.66. The van der Waals surface area contributed by atoms with Gasteiger partial charge in [0.05, 0.1) is 5.69 Å². The van der Waals surface area contributed by atoms with Crippen molar-refractivity contribution in [3.8, 4) is 0 Å². The van der Waals surface area contributed by atoms with E-state index in [1.54, 1.807) is 6.07 Å². The van der Waals surface area contributed by atoms with E-state index in [9.17, 15) is 13.6 Å². The molecule has 18 heavy (non-hydrogen) atoms. The van der Waals surface area contributed by atoms with Gasteiger partial charge in [-0.15, -0.1) is 0 Å². The highest BCUT2D eigenvalue weighted by atomic mass is 79.9. The summed E-state index contributed by atoms with van der Waals surface area (Å²) < 4.78 is 26.7. The van der Waals surface area contributed by atoms with Gasteiger partial charge in [0.1, 0.15) is 5.82 Å². The van der Waals surface area contributed by atoms with Crippen molar-refractivity contribution in [2.24, 2.45) is 0 Å². The highest BCUT2D eigenvalue weighted by Crippen LogP contribution is 2.25. The predicted molar refractivity (Wildman–Crippen MR) is 66.2 cm³/mol. The van der Waals surface area contributed by atoms with Gasteiger partial charge in [0.25, 0.3) is 5.91 Å². The highest BCUT2D eigenvalue weighted by Gasteiger charge is 2.12. The van der Waals surface area contributed by atoms with E-state index in [1.807, 2.05) is 0 Å². The van der Waals surface area contributed by atoms with Gasteiger partial charge in [0.15, 0.2) is 0 Å². The molecule has 0 radical (unpaired) electrons. The molecule has 0 fully saturated rings. The van der Waals surface area contributed by atoms with Crippen molar-refractivity contribution in [2.75, 3.05) is 5.32 Å². The van der Waals surface area contributed by atoms with E-state index in [0.717, 1.165) is 6.07 Å². The standard InChI is InChI=1S/C12H7BrF2N2O/c13-8-2-1-3-9(14)11(8)17-12(18)7-4-5-16-10(15)6-7/h1-6H,(H,17,18). The Morgan fingerprint density at radius 2 is 2.06 bits per heavy atom. The van der Waals surface area contributed by atoms with E-state index in [4.69, 9.17) is 0 Å². The second-order valence-electron chi connectivity index (χ2n) is 3.42. The third kappa shape index (κ3) is 2.70. The molecule has 0 aliphatic rings. The Morgan fingerprint density at radius 3 is 2.72 bits per heavy atom. The summed E-state index contributed by atoms with van der Waals surface area (Å²) in [6.45, 7) is 0. The lowest BCUT2D eigenvalue weighted by atomic mass is 10.2. The van der Waals surface area contributed by atoms with Gasteiger partial charge in [-0.25, -0.2) is 9.37 Å². The molecule has 0 spiro atoms. The molecule has 2 rings (SSSR count). The number of pyridine rings is 1. The van der Waals surface area contributed by atoms with Crippen LogP contribution < -0.4 is 5.32 Å². The first-order valence-electron chi connectivity index (χ1n) is 4.95. The molecule has 1 aromatic heterocycles. The van der Waals surface area contributed by atoms with Gasteiger partial charge >= 0.3 is 0 Å². The Morgan fingerprint density at radius 1 is 1.28 bits per heavy atom. The molecule has 0 aliphatic heterocycles. The fraction of sp³-hybridized carbons (Fsp3) is 0. The normalized spacial score (nSPS) is 10.2. The number of aromatic nitrogens is 1. The SMILES string of the molecule is O=C(Nc1c(F)cccc1Br)c1ccnc(F)c1. The topological polar surface area (TPSA) is 42.0 Å². The van der Waals surface area contributed by atoms with Crippen molar-refractivity contribution in [1.82, 2.24) is 4.98 Å². The summed E-state index contributed by atoms with van der Waals surface area (Å²) in [7, 11) is 0. The highest BCUT2D eigenvalue weighted by molar-refractivity contribution is 9.10. The minimum absolute atomic E-state index is 0.0136. The average Bonchev–Trinajstić information content (AvgIpc) is 2.34. The van der Waals surface area contributed by atoms with Crippen molar-refractivity contribution in [2.45, 2.75) is 0 Å². The summed E-state index contributed by atoms with van der Waals surface area (Å²) >= 11 is 3.12. The number of carbonyl (C=O) groups is 1. The minimum Gasteiger partial charge on any atom is -0.319 e. The van der Waals surface area contributed by atoms with Crippen LogP contribution in [0.3, 0.4) is 0 Å². The van der Waals surface area contributed by atoms with E-state index >= 15 is 0 Å². The number of halogens is 3. The summed E-state index contributed by atoms with van der Waals surface area (Å²) in [5.74, 6) is -1.95. The average molecular weight is 313 g/mol. The number of hydrogen-bond donors (Lipinski definition) is 1. The van der Waals surface area contributed by atoms with Crippen molar-refractivity contribution in [1.29, 1.82) is 0 Å². The summed E-state index contributed by atoms with van der Waals surface area (Å²) in [6.07, 6.45) is 1.17. The zero-order valence-electron chi connectivity index (χ0n) is 8.95. The molecular formula is C12H7BrF2N2O. The maximum absolute atomic E-state index is 13.5. The first kappa shape index (κ1) is 12.6. The first-order chi connectivity index (χ1) is 8.58. The number of nitrogens with zero attached hydrogens (tertiary/aromatic N) is 1. The maximum Gasteiger partial charge on any atom is 0.255 e. The number of rotatable bonds is 2. The molecule has 0 unspecified atom stereocenters. The van der Waals surface area contributed by atoms with Crippen LogP contribution >= 0.6 is 15.9 Å². The molecule has 0 saturated heterocycles. The molecule has 2 aromatic rings. The molecule has 0 atom stereocenters. The number of hydrogen-bond acceptors (Lipinski definition) is 2. The van der Waals surface area contributed by atoms with Gasteiger partial charge in [0.2, 0.25) is 5.95 Å². The van der Waals surface area contributed by atoms with E-state index < -0.39 is 17.7 Å². The fourth-order valence-electron chi connectivity index (χ4n) is 1.35. The monoisotopic (exact) mass is 312 g/mol. The molecule has 0 aliphatic carbocycles. The maximum atomic E-state index is 13.5. The summed E-state index contributed by atoms with van der Waals surface area (Å²) in [6, 6.07) is 6.62. The van der Waals surface area contributed by atoms with Gasteiger partial charge in [-0.3, -0.25) is 4.79 Å². The molecule has 1 aromatic carbocycles. The zero-order valence-corrected chi connectivity index (χ0v) is 10.5. The fourth-order valence-corrected chi connectivity index (χ4v) is 1.79. The van der Waals surface area contributed by atoms with Gasteiger partial charge in [0, 0.05) is 22.3 Å². The third-order valence-electron chi connectivity index (χ3n) is 2.19. The lowest BCUT2D eigenvalue weighted by molar-refractivity contribution is 0.102. The molecular weight excluding hydrogens is 306 g/mol. The second-order valence-corrected chi connectivity index (χ2v) is 4.27. The summed E-state index contributed by atoms with van der Waals surface area (Å²) in [5.41, 5.74) is 0.0809. The number of amides is 1. The van der Waals surface area contributed by atoms with Gasteiger partial charge in [-0.05, 0) is 34.1 Å². The van der Waals surface area contributed by atoms with E-state index in [1.165, 1.54) is 24.4 Å². The van der Waals surface area contributed by atoms with E-state index in [2.05, 4.69) is 26.2 Å². The molecule has 92 valence electrons. The Balaban J connectivity index is 2.27. The smallest absolute Gasteiger partial charge is 0.255 e. The summed E-state index contributed by atoms with van der Waals surface area (Å²) in [5, 5.41) is 2.37. The van der Waals surface area contributed by atoms with Crippen LogP contribution in [0.25, 0.3) is 0 Å². The van der Waals surface area contributed by atoms with Gasteiger partial charge in [-0.2, -0.15) is 4.39 Å². The predicted octanol–water partition coefficient (Wildman–Crippen LogP) is 3.37. The molecule has 6 heteroatoms. The number of benzene rings is 1. The number of para-hydroxylation sites is 1. The van der Waals surface area contributed by atoms with Crippen LogP contribution in [-0.2, 0) is 0 Å². The Labute approximate surface area is 110 Å². The van der Waals surface area contributed by atoms with Crippen LogP contribution in [0.15, 0.2) is 41.0 Å². The van der Waals surface area contributed by atoms with Crippen molar-refractivity contribution in [3.63, 3.8) is 0 Å². The largest absolute Gasteiger partial charge is 0.319 e. The van der Waals surface area contributed by atoms with Crippen LogP contribution in [0.2, 0.25) is 0 Å². The number of nitrogens with one attached hydrogen (secondary N) is 1. The third-order valence-corrected chi connectivity index (χ3v) is 2.85. The molecule has 1 amide bonds. The molecule has 0 bridgehead atoms. The molecule has 1 N–H and O–H groups in total. The second kappa shape index (κ2) is 5.22. The molecule has 0 saturated carbocycles. The Hall–Kier alpha value is -1.82.